The van der Waals surface area contributed by atoms with Crippen molar-refractivity contribution in [3.63, 3.8) is 0 Å². The van der Waals surface area contributed by atoms with E-state index in [1.807, 2.05) is 0 Å². The van der Waals surface area contributed by atoms with Crippen molar-refractivity contribution in [3.05, 3.63) is 108 Å². The van der Waals surface area contributed by atoms with Gasteiger partial charge in [-0.15, -0.1) is 0 Å². The smallest absolute Gasteiger partial charge is 0.416 e. The normalized spacial score (nSPS) is 12.6. The maximum absolute atomic E-state index is 13.4. The van der Waals surface area contributed by atoms with Crippen LogP contribution in [-0.4, -0.2) is 18.5 Å². The molecule has 3 aromatic carbocycles. The molecule has 1 aromatic heterocycles. The van der Waals surface area contributed by atoms with Gasteiger partial charge in [0.25, 0.3) is 5.56 Å². The molecule has 4 aromatic rings. The fourth-order valence-corrected chi connectivity index (χ4v) is 5.86. The van der Waals surface area contributed by atoms with Crippen LogP contribution in [0.25, 0.3) is 22.4 Å². The lowest BCUT2D eigenvalue weighted by atomic mass is 9.96. The molecule has 0 amide bonds. The molecule has 4 rings (SSSR count). The first-order chi connectivity index (χ1) is 19.6. The number of nitrogens with zero attached hydrogens (tertiary/aromatic N) is 1. The van der Waals surface area contributed by atoms with E-state index in [0.29, 0.717) is 16.7 Å². The molecular weight excluding hydrogens is 638 g/mol. The number of phenolic OH excluding ortho intramolecular Hbond substituents is 1. The van der Waals surface area contributed by atoms with Gasteiger partial charge in [0.1, 0.15) is 17.4 Å². The average molecular weight is 657 g/mol. The zero-order valence-corrected chi connectivity index (χ0v) is 24.4. The first-order valence-corrected chi connectivity index (χ1v) is 14.6. The molecule has 0 bridgehead atoms. The molecule has 1 atom stereocenters. The summed E-state index contributed by atoms with van der Waals surface area (Å²) in [5, 5.41) is 20.0. The highest BCUT2D eigenvalue weighted by atomic mass is 35.5. The van der Waals surface area contributed by atoms with Gasteiger partial charge in [-0.3, -0.25) is 4.79 Å². The predicted molar refractivity (Wildman–Crippen MR) is 155 cm³/mol. The minimum absolute atomic E-state index is 0.0354. The zero-order chi connectivity index (χ0) is 31.0. The van der Waals surface area contributed by atoms with Crippen LogP contribution in [-0.2, 0) is 22.7 Å². The largest absolute Gasteiger partial charge is 0.507 e. The highest BCUT2D eigenvalue weighted by molar-refractivity contribution is 7.89. The molecule has 0 aliphatic carbocycles. The van der Waals surface area contributed by atoms with Gasteiger partial charge in [0, 0.05) is 43.9 Å². The average Bonchev–Trinajstić information content (AvgIpc) is 2.92. The molecule has 1 heterocycles. The Hall–Kier alpha value is -3.53. The van der Waals surface area contributed by atoms with Crippen LogP contribution in [0.3, 0.4) is 0 Å². The van der Waals surface area contributed by atoms with Crippen LogP contribution >= 0.6 is 34.8 Å². The van der Waals surface area contributed by atoms with Gasteiger partial charge in [-0.25, -0.2) is 13.1 Å². The molecule has 0 saturated heterocycles. The van der Waals surface area contributed by atoms with Crippen LogP contribution in [0.4, 0.5) is 13.2 Å². The third-order valence-corrected chi connectivity index (χ3v) is 8.99. The Morgan fingerprint density at radius 1 is 0.976 bits per heavy atom. The number of hydrogen-bond donors (Lipinski definition) is 3. The summed E-state index contributed by atoms with van der Waals surface area (Å²) in [6.45, 7) is 1.07. The van der Waals surface area contributed by atoms with Crippen molar-refractivity contribution in [2.24, 2.45) is 0 Å². The van der Waals surface area contributed by atoms with E-state index in [0.717, 1.165) is 12.1 Å². The molecule has 0 aliphatic heterocycles. The van der Waals surface area contributed by atoms with Crippen LogP contribution in [0.15, 0.2) is 65.5 Å². The lowest BCUT2D eigenvalue weighted by molar-refractivity contribution is -0.137. The molecule has 7 nitrogen and oxygen atoms in total. The van der Waals surface area contributed by atoms with Crippen molar-refractivity contribution in [1.29, 1.82) is 5.26 Å². The Balaban J connectivity index is 1.76. The quantitative estimate of drug-likeness (QED) is 0.191. The van der Waals surface area contributed by atoms with Gasteiger partial charge < -0.3 is 10.1 Å². The fraction of sp³-hybridized carbons (Fsp3) is 0.143. The van der Waals surface area contributed by atoms with E-state index in [1.165, 1.54) is 25.1 Å². The summed E-state index contributed by atoms with van der Waals surface area (Å²) in [7, 11) is -3.96. The second kappa shape index (κ2) is 12.0. The molecule has 3 N–H and O–H groups in total. The number of aromatic amines is 1. The van der Waals surface area contributed by atoms with Gasteiger partial charge in [-0.2, -0.15) is 18.4 Å². The van der Waals surface area contributed by atoms with E-state index in [4.69, 9.17) is 34.8 Å². The molecule has 1 unspecified atom stereocenters. The van der Waals surface area contributed by atoms with Gasteiger partial charge in [-0.1, -0.05) is 46.9 Å². The molecular formula is C28H19Cl3F3N3O4S. The van der Waals surface area contributed by atoms with Crippen molar-refractivity contribution in [1.82, 2.24) is 9.71 Å². The van der Waals surface area contributed by atoms with Gasteiger partial charge in [0.2, 0.25) is 10.0 Å². The Morgan fingerprint density at radius 2 is 1.64 bits per heavy atom. The molecule has 0 spiro atoms. The summed E-state index contributed by atoms with van der Waals surface area (Å²) in [5.74, 6) is -0.470. The Bertz CT molecular complexity index is 1890. The summed E-state index contributed by atoms with van der Waals surface area (Å²) in [6.07, 6.45) is -4.73. The number of alkyl halides is 3. The second-order valence-corrected chi connectivity index (χ2v) is 12.5. The minimum Gasteiger partial charge on any atom is -0.507 e. The monoisotopic (exact) mass is 655 g/mol. The van der Waals surface area contributed by atoms with Gasteiger partial charge in [0.05, 0.1) is 16.5 Å². The van der Waals surface area contributed by atoms with Crippen molar-refractivity contribution in [3.8, 4) is 34.2 Å². The highest BCUT2D eigenvalue weighted by Gasteiger charge is 2.31. The number of sulfonamides is 1. The van der Waals surface area contributed by atoms with E-state index in [9.17, 15) is 36.8 Å². The van der Waals surface area contributed by atoms with Gasteiger partial charge in [-0.05, 0) is 61.0 Å². The lowest BCUT2D eigenvalue weighted by Crippen LogP contribution is -2.27. The number of H-pyrrole nitrogens is 1. The molecule has 218 valence electrons. The standard InChI is InChI=1S/C28H19Cl3F3N3O4S/c1-14(15-2-5-18(29)6-3-15)42(40,41)36-13-16-8-19(30)10-22(26(16)38)25-11-20(23(12-35)27(39)37-25)21-9-17(28(32,33)34)4-7-24(21)31/h2-11,14,36,38H,13H2,1H3,(H,37,39). The summed E-state index contributed by atoms with van der Waals surface area (Å²) in [4.78, 5) is 15.3. The second-order valence-electron chi connectivity index (χ2n) is 9.13. The number of aromatic hydroxyl groups is 1. The number of benzene rings is 3. The fourth-order valence-electron chi connectivity index (χ4n) is 4.15. The van der Waals surface area contributed by atoms with E-state index >= 15 is 0 Å². The maximum atomic E-state index is 13.4. The topological polar surface area (TPSA) is 123 Å². The van der Waals surface area contributed by atoms with E-state index in [1.54, 1.807) is 30.3 Å². The van der Waals surface area contributed by atoms with Crippen molar-refractivity contribution in [2.75, 3.05) is 0 Å². The molecule has 14 heteroatoms. The Morgan fingerprint density at radius 3 is 2.26 bits per heavy atom. The van der Waals surface area contributed by atoms with E-state index in [2.05, 4.69) is 9.71 Å². The number of nitrogens with one attached hydrogen (secondary N) is 2. The number of halogens is 6. The van der Waals surface area contributed by atoms with Crippen LogP contribution in [0, 0.1) is 11.3 Å². The first kappa shape index (κ1) is 31.4. The number of phenols is 1. The lowest BCUT2D eigenvalue weighted by Gasteiger charge is -2.17. The predicted octanol–water partition coefficient (Wildman–Crippen LogP) is 7.45. The number of rotatable bonds is 7. The van der Waals surface area contributed by atoms with Crippen molar-refractivity contribution in [2.45, 2.75) is 24.9 Å². The van der Waals surface area contributed by atoms with Gasteiger partial charge in [0.15, 0.2) is 0 Å². The molecule has 0 radical (unpaired) electrons. The van der Waals surface area contributed by atoms with Crippen molar-refractivity contribution < 1.29 is 26.7 Å². The number of hydrogen-bond acceptors (Lipinski definition) is 5. The molecule has 42 heavy (non-hydrogen) atoms. The summed E-state index contributed by atoms with van der Waals surface area (Å²) in [6, 6.07) is 14.1. The van der Waals surface area contributed by atoms with Crippen LogP contribution in [0.2, 0.25) is 15.1 Å². The van der Waals surface area contributed by atoms with Gasteiger partial charge >= 0.3 is 6.18 Å². The third-order valence-electron chi connectivity index (χ3n) is 6.44. The first-order valence-electron chi connectivity index (χ1n) is 11.9. The van der Waals surface area contributed by atoms with E-state index < -0.39 is 50.4 Å². The van der Waals surface area contributed by atoms with Crippen LogP contribution in [0.1, 0.15) is 34.4 Å². The Kier molecular flexibility index (Phi) is 8.97. The van der Waals surface area contributed by atoms with Crippen molar-refractivity contribution >= 4 is 44.8 Å². The van der Waals surface area contributed by atoms with Crippen LogP contribution in [0.5, 0.6) is 5.75 Å². The molecule has 0 aliphatic rings. The third kappa shape index (κ3) is 6.59. The molecule has 0 fully saturated rings. The minimum atomic E-state index is -4.73. The highest BCUT2D eigenvalue weighted by Crippen LogP contribution is 2.40. The summed E-state index contributed by atoms with van der Waals surface area (Å²) < 4.78 is 68.5. The number of pyridine rings is 1. The Labute approximate surface area is 253 Å². The molecule has 0 saturated carbocycles. The summed E-state index contributed by atoms with van der Waals surface area (Å²) in [5.41, 5.74) is -2.66. The number of aromatic nitrogens is 1. The van der Waals surface area contributed by atoms with Crippen LogP contribution < -0.4 is 10.3 Å². The maximum Gasteiger partial charge on any atom is 0.416 e. The SMILES string of the molecule is CC(c1ccc(Cl)cc1)S(=O)(=O)NCc1cc(Cl)cc(-c2cc(-c3cc(C(F)(F)F)ccc3Cl)c(C#N)c(=O)[nH]2)c1O. The van der Waals surface area contributed by atoms with E-state index in [-0.39, 0.29) is 38.0 Å². The number of nitriles is 1. The summed E-state index contributed by atoms with van der Waals surface area (Å²) >= 11 is 18.3. The zero-order valence-electron chi connectivity index (χ0n) is 21.4.